The summed E-state index contributed by atoms with van der Waals surface area (Å²) >= 11 is 6.00. The number of benzene rings is 3. The summed E-state index contributed by atoms with van der Waals surface area (Å²) in [6.07, 6.45) is 1.54. The van der Waals surface area contributed by atoms with Crippen molar-refractivity contribution in [1.29, 1.82) is 0 Å². The molecule has 1 aliphatic heterocycles. The minimum Gasteiger partial charge on any atom is -0.497 e. The summed E-state index contributed by atoms with van der Waals surface area (Å²) in [6.45, 7) is 0.972. The molecule has 0 bridgehead atoms. The van der Waals surface area contributed by atoms with Crippen LogP contribution in [0.4, 0.5) is 0 Å². The molecule has 3 aromatic carbocycles. The van der Waals surface area contributed by atoms with Crippen LogP contribution in [0.15, 0.2) is 87.0 Å². The molecule has 198 valence electrons. The Morgan fingerprint density at radius 1 is 0.946 bits per heavy atom. The first kappa shape index (κ1) is 27.6. The molecular weight excluding hydrogens is 536 g/mol. The van der Waals surface area contributed by atoms with Crippen molar-refractivity contribution in [1.82, 2.24) is 4.31 Å². The normalized spacial score (nSPS) is 17.5. The van der Waals surface area contributed by atoms with Crippen molar-refractivity contribution >= 4 is 31.6 Å². The Morgan fingerprint density at radius 2 is 1.51 bits per heavy atom. The van der Waals surface area contributed by atoms with Gasteiger partial charge in [0.25, 0.3) is 0 Å². The van der Waals surface area contributed by atoms with Crippen LogP contribution in [0.5, 0.6) is 5.75 Å². The van der Waals surface area contributed by atoms with Crippen molar-refractivity contribution in [3.63, 3.8) is 0 Å². The molecule has 2 atom stereocenters. The fourth-order valence-electron chi connectivity index (χ4n) is 3.94. The second-order valence-corrected chi connectivity index (χ2v) is 12.8. The van der Waals surface area contributed by atoms with Gasteiger partial charge in [-0.2, -0.15) is 4.31 Å². The first-order valence-corrected chi connectivity index (χ1v) is 15.0. The van der Waals surface area contributed by atoms with Gasteiger partial charge >= 0.3 is 0 Å². The van der Waals surface area contributed by atoms with E-state index in [9.17, 15) is 17.2 Å². The van der Waals surface area contributed by atoms with Crippen molar-refractivity contribution in [2.45, 2.75) is 41.8 Å². The first-order valence-electron chi connectivity index (χ1n) is 11.7. The van der Waals surface area contributed by atoms with Gasteiger partial charge in [0, 0.05) is 24.7 Å². The Hall–Kier alpha value is -2.47. The first-order chi connectivity index (χ1) is 17.7. The van der Waals surface area contributed by atoms with Gasteiger partial charge in [0.2, 0.25) is 10.0 Å². The highest BCUT2D eigenvalue weighted by Gasteiger charge is 2.26. The Bertz CT molecular complexity index is 1410. The van der Waals surface area contributed by atoms with E-state index >= 15 is 0 Å². The third-order valence-corrected chi connectivity index (χ3v) is 9.48. The number of methoxy groups -OCH3 is 1. The van der Waals surface area contributed by atoms with Crippen LogP contribution in [-0.4, -0.2) is 47.9 Å². The van der Waals surface area contributed by atoms with Crippen LogP contribution in [0.25, 0.3) is 0 Å². The molecule has 0 saturated carbocycles. The highest BCUT2D eigenvalue weighted by Crippen LogP contribution is 2.25. The predicted octanol–water partition coefficient (Wildman–Crippen LogP) is 5.22. The molecule has 4 rings (SSSR count). The molecule has 8 nitrogen and oxygen atoms in total. The molecule has 1 fully saturated rings. The third-order valence-electron chi connectivity index (χ3n) is 6.04. The number of hydrogen-bond acceptors (Lipinski definition) is 6. The lowest BCUT2D eigenvalue weighted by Crippen LogP contribution is -2.30. The Morgan fingerprint density at radius 3 is 2.05 bits per heavy atom. The van der Waals surface area contributed by atoms with Crippen LogP contribution in [0.2, 0.25) is 5.02 Å². The molecule has 1 heterocycles. The van der Waals surface area contributed by atoms with Crippen LogP contribution in [0.3, 0.4) is 0 Å². The van der Waals surface area contributed by atoms with E-state index in [-0.39, 0.29) is 35.5 Å². The maximum Gasteiger partial charge on any atom is 0.243 e. The van der Waals surface area contributed by atoms with Crippen molar-refractivity contribution in [3.05, 3.63) is 88.9 Å². The molecule has 0 aliphatic carbocycles. The second-order valence-electron chi connectivity index (χ2n) is 8.66. The van der Waals surface area contributed by atoms with E-state index < -0.39 is 20.0 Å². The Balaban J connectivity index is 1.60. The number of hydrogen-bond donors (Lipinski definition) is 1. The molecule has 1 saturated heterocycles. The quantitative estimate of drug-likeness (QED) is 0.362. The summed E-state index contributed by atoms with van der Waals surface area (Å²) in [5.41, 5.74) is 1.55. The average molecular weight is 565 g/mol. The smallest absolute Gasteiger partial charge is 0.243 e. The molecule has 1 unspecified atom stereocenters. The molecular formula is C26H29ClN2O6S2. The third kappa shape index (κ3) is 7.10. The highest BCUT2D eigenvalue weighted by molar-refractivity contribution is 7.89. The fourth-order valence-corrected chi connectivity index (χ4v) is 6.49. The highest BCUT2D eigenvalue weighted by atomic mass is 35.5. The second kappa shape index (κ2) is 11.9. The SMILES string of the molecule is COc1ccc(CN(Cc2ccc(Cl)cc2)S(=O)(=O)c2ccc(S(=O)(O)=NC[C@@H]3CCCO3)cc2)cc1. The van der Waals surface area contributed by atoms with Gasteiger partial charge in [-0.3, -0.25) is 4.55 Å². The standard InChI is InChI=1S/C26H29ClN2O6S2/c1-34-23-10-6-21(7-11-23)19-29(18-20-4-8-22(27)9-5-20)37(32,33)26-14-12-25(13-15-26)36(30,31)28-17-24-3-2-16-35-24/h4-15,24H,2-3,16-19H2,1H3,(H,28,30,31)/t24-/m0/s1. The van der Waals surface area contributed by atoms with Gasteiger partial charge in [0.15, 0.2) is 10.0 Å². The van der Waals surface area contributed by atoms with Crippen molar-refractivity contribution in [2.24, 2.45) is 4.36 Å². The van der Waals surface area contributed by atoms with Crippen LogP contribution < -0.4 is 4.74 Å². The fraction of sp³-hybridized carbons (Fsp3) is 0.308. The van der Waals surface area contributed by atoms with Crippen molar-refractivity contribution in [2.75, 3.05) is 20.3 Å². The monoisotopic (exact) mass is 564 g/mol. The van der Waals surface area contributed by atoms with Crippen molar-refractivity contribution in [3.8, 4) is 5.75 Å². The lowest BCUT2D eigenvalue weighted by molar-refractivity contribution is 0.118. The average Bonchev–Trinajstić information content (AvgIpc) is 3.43. The van der Waals surface area contributed by atoms with E-state index in [1.807, 2.05) is 12.1 Å². The number of ether oxygens (including phenoxy) is 2. The van der Waals surface area contributed by atoms with E-state index in [1.54, 1.807) is 43.5 Å². The van der Waals surface area contributed by atoms with Crippen LogP contribution in [0.1, 0.15) is 24.0 Å². The molecule has 0 aromatic heterocycles. The molecule has 0 spiro atoms. The summed E-state index contributed by atoms with van der Waals surface area (Å²) in [6, 6.07) is 19.5. The van der Waals surface area contributed by atoms with Gasteiger partial charge in [-0.25, -0.2) is 17.0 Å². The van der Waals surface area contributed by atoms with E-state index in [4.69, 9.17) is 21.1 Å². The molecule has 0 amide bonds. The van der Waals surface area contributed by atoms with Crippen molar-refractivity contribution < 1.29 is 26.7 Å². The predicted molar refractivity (Wildman–Crippen MR) is 143 cm³/mol. The van der Waals surface area contributed by atoms with Crippen LogP contribution >= 0.6 is 11.6 Å². The number of rotatable bonds is 10. The van der Waals surface area contributed by atoms with Gasteiger partial charge in [0.1, 0.15) is 5.75 Å². The van der Waals surface area contributed by atoms with Gasteiger partial charge in [-0.1, -0.05) is 35.9 Å². The van der Waals surface area contributed by atoms with Crippen LogP contribution in [0, 0.1) is 0 Å². The zero-order chi connectivity index (χ0) is 26.5. The van der Waals surface area contributed by atoms with Gasteiger partial charge < -0.3 is 9.47 Å². The minimum atomic E-state index is -3.97. The summed E-state index contributed by atoms with van der Waals surface area (Å²) in [7, 11) is -6.08. The topological polar surface area (TPSA) is 106 Å². The summed E-state index contributed by atoms with van der Waals surface area (Å²) in [5, 5.41) is 0.557. The molecule has 0 radical (unpaired) electrons. The van der Waals surface area contributed by atoms with Crippen LogP contribution in [-0.2, 0) is 37.9 Å². The minimum absolute atomic E-state index is 0.00746. The van der Waals surface area contributed by atoms with E-state index in [1.165, 1.54) is 28.6 Å². The molecule has 37 heavy (non-hydrogen) atoms. The lowest BCUT2D eigenvalue weighted by Gasteiger charge is -2.23. The zero-order valence-electron chi connectivity index (χ0n) is 20.3. The molecule has 1 N–H and O–H groups in total. The van der Waals surface area contributed by atoms with Gasteiger partial charge in [-0.15, -0.1) is 0 Å². The Kier molecular flexibility index (Phi) is 8.89. The summed E-state index contributed by atoms with van der Waals surface area (Å²) in [5.74, 6) is 0.670. The molecule has 1 aliphatic rings. The maximum atomic E-state index is 13.7. The molecule has 3 aromatic rings. The van der Waals surface area contributed by atoms with E-state index in [2.05, 4.69) is 4.36 Å². The summed E-state index contributed by atoms with van der Waals surface area (Å²) < 4.78 is 66.5. The van der Waals surface area contributed by atoms with Gasteiger partial charge in [-0.05, 0) is 72.5 Å². The number of nitrogens with zero attached hydrogens (tertiary/aromatic N) is 2. The number of halogens is 1. The lowest BCUT2D eigenvalue weighted by atomic mass is 10.2. The van der Waals surface area contributed by atoms with E-state index in [0.717, 1.165) is 24.0 Å². The van der Waals surface area contributed by atoms with E-state index in [0.29, 0.717) is 17.4 Å². The maximum absolute atomic E-state index is 13.7. The largest absolute Gasteiger partial charge is 0.497 e. The molecule has 11 heteroatoms. The Labute approximate surface area is 223 Å². The summed E-state index contributed by atoms with van der Waals surface area (Å²) in [4.78, 5) is 0.0527. The number of sulfonamides is 1. The zero-order valence-corrected chi connectivity index (χ0v) is 22.7. The van der Waals surface area contributed by atoms with Gasteiger partial charge in [0.05, 0.1) is 29.5 Å².